The molecule has 17 heteroatoms. The van der Waals surface area contributed by atoms with Crippen molar-refractivity contribution in [3.63, 3.8) is 0 Å². The summed E-state index contributed by atoms with van der Waals surface area (Å²) >= 11 is 0. The third-order valence-corrected chi connectivity index (χ3v) is 8.97. The predicted molar refractivity (Wildman–Crippen MR) is 162 cm³/mol. The first-order valence-electron chi connectivity index (χ1n) is 13.9. The summed E-state index contributed by atoms with van der Waals surface area (Å²) in [5.41, 5.74) is -3.54. The lowest BCUT2D eigenvalue weighted by molar-refractivity contribution is -0.104. The smallest absolute Gasteiger partial charge is 0.260 e. The fourth-order valence-corrected chi connectivity index (χ4v) is 6.79. The Morgan fingerprint density at radius 2 is 1.74 bits per heavy atom. The van der Waals surface area contributed by atoms with Gasteiger partial charge in [-0.3, -0.25) is 14.1 Å². The van der Waals surface area contributed by atoms with Crippen molar-refractivity contribution in [3.8, 4) is 11.1 Å². The van der Waals surface area contributed by atoms with Crippen molar-refractivity contribution in [2.45, 2.75) is 49.2 Å². The molecule has 1 saturated heterocycles. The summed E-state index contributed by atoms with van der Waals surface area (Å²) in [5.74, 6) is -8.88. The SMILES string of the molecule is Cl.O=c1c(-c2cc(F)c(NS(=O)(=O)Cc3ccccc3)c(F)c2F)cc2cnc(N[C@@H]3CNC[C@@H](F)C3)nc2n1C1CC(F)(F)C1. The molecule has 3 heterocycles. The third kappa shape index (κ3) is 6.78. The monoisotopic (exact) mass is 688 g/mol. The molecule has 0 amide bonds. The topological polar surface area (TPSA) is 118 Å². The number of nitrogens with one attached hydrogen (secondary N) is 3. The van der Waals surface area contributed by atoms with Crippen LogP contribution < -0.4 is 20.9 Å². The first-order chi connectivity index (χ1) is 21.3. The summed E-state index contributed by atoms with van der Waals surface area (Å²) in [6, 6.07) is 7.80. The zero-order chi connectivity index (χ0) is 32.1. The standard InChI is InChI=1S/C29H26F6N6O3S.ClH/c30-17-7-18(13-36-12-17)38-28-37-11-16-6-21(27(42)41(26(16)39-28)19-9-29(34,35)10-19)20-8-22(31)25(24(33)23(20)32)40-45(43,44)14-15-4-2-1-3-5-15;/h1-6,8,11,17-19,36,40H,7,9-10,12-14H2,(H,37,38,39);1H/t17-,18-;/m0./s1. The van der Waals surface area contributed by atoms with Crippen LogP contribution in [0.4, 0.5) is 38.0 Å². The van der Waals surface area contributed by atoms with E-state index in [9.17, 15) is 26.4 Å². The van der Waals surface area contributed by atoms with Gasteiger partial charge in [-0.15, -0.1) is 12.4 Å². The highest BCUT2D eigenvalue weighted by atomic mass is 35.5. The summed E-state index contributed by atoms with van der Waals surface area (Å²) in [5, 5.41) is 5.93. The molecule has 2 aliphatic rings. The normalized spacial score (nSPS) is 19.7. The van der Waals surface area contributed by atoms with Gasteiger partial charge in [0.05, 0.1) is 17.4 Å². The minimum Gasteiger partial charge on any atom is -0.350 e. The fourth-order valence-electron chi connectivity index (χ4n) is 5.59. The lowest BCUT2D eigenvalue weighted by atomic mass is 9.87. The Labute approximate surface area is 264 Å². The van der Waals surface area contributed by atoms with E-state index in [1.807, 2.05) is 0 Å². The lowest BCUT2D eigenvalue weighted by Gasteiger charge is -2.36. The summed E-state index contributed by atoms with van der Waals surface area (Å²) in [6.07, 6.45) is -1.20. The summed E-state index contributed by atoms with van der Waals surface area (Å²) < 4.78 is 116. The highest BCUT2D eigenvalue weighted by Gasteiger charge is 2.47. The van der Waals surface area contributed by atoms with Crippen molar-refractivity contribution in [3.05, 3.63) is 82.0 Å². The molecule has 2 fully saturated rings. The summed E-state index contributed by atoms with van der Waals surface area (Å²) in [7, 11) is -4.39. The van der Waals surface area contributed by atoms with Gasteiger partial charge in [-0.2, -0.15) is 4.98 Å². The van der Waals surface area contributed by atoms with E-state index in [2.05, 4.69) is 20.6 Å². The Balaban J connectivity index is 0.00000417. The molecule has 1 saturated carbocycles. The van der Waals surface area contributed by atoms with Crippen LogP contribution in [0.25, 0.3) is 22.2 Å². The van der Waals surface area contributed by atoms with Crippen molar-refractivity contribution in [1.29, 1.82) is 0 Å². The maximum atomic E-state index is 15.5. The average molecular weight is 689 g/mol. The van der Waals surface area contributed by atoms with Crippen molar-refractivity contribution >= 4 is 45.1 Å². The second-order valence-corrected chi connectivity index (χ2v) is 12.9. The van der Waals surface area contributed by atoms with Crippen LogP contribution in [0, 0.1) is 17.5 Å². The molecule has 3 N–H and O–H groups in total. The number of halogens is 7. The molecule has 0 spiro atoms. The van der Waals surface area contributed by atoms with Gasteiger partial charge in [-0.25, -0.2) is 39.7 Å². The van der Waals surface area contributed by atoms with Gasteiger partial charge < -0.3 is 10.6 Å². The van der Waals surface area contributed by atoms with E-state index in [1.54, 1.807) is 22.9 Å². The molecule has 4 aromatic rings. The van der Waals surface area contributed by atoms with Crippen LogP contribution in [0.15, 0.2) is 53.5 Å². The molecule has 1 aliphatic heterocycles. The van der Waals surface area contributed by atoms with Gasteiger partial charge >= 0.3 is 0 Å². The number of fused-ring (bicyclic) bond motifs is 1. The van der Waals surface area contributed by atoms with Gasteiger partial charge in [0.1, 0.15) is 17.5 Å². The van der Waals surface area contributed by atoms with Crippen LogP contribution in [0.5, 0.6) is 0 Å². The van der Waals surface area contributed by atoms with Crippen LogP contribution in [-0.4, -0.2) is 54.2 Å². The number of aromatic nitrogens is 3. The molecule has 0 bridgehead atoms. The largest absolute Gasteiger partial charge is 0.350 e. The van der Waals surface area contributed by atoms with Crippen molar-refractivity contribution in [1.82, 2.24) is 19.9 Å². The number of hydrogen-bond acceptors (Lipinski definition) is 7. The Morgan fingerprint density at radius 1 is 1.02 bits per heavy atom. The van der Waals surface area contributed by atoms with E-state index in [-0.39, 0.29) is 42.4 Å². The molecule has 2 atom stereocenters. The van der Waals surface area contributed by atoms with Gasteiger partial charge in [-0.1, -0.05) is 30.3 Å². The number of nitrogens with zero attached hydrogens (tertiary/aromatic N) is 3. The molecule has 6 rings (SSSR count). The quantitative estimate of drug-likeness (QED) is 0.169. The van der Waals surface area contributed by atoms with Crippen LogP contribution in [0.1, 0.15) is 30.9 Å². The van der Waals surface area contributed by atoms with E-state index in [0.29, 0.717) is 18.2 Å². The van der Waals surface area contributed by atoms with Crippen molar-refractivity contribution in [2.75, 3.05) is 23.1 Å². The van der Waals surface area contributed by atoms with Crippen LogP contribution in [-0.2, 0) is 15.8 Å². The maximum absolute atomic E-state index is 15.5. The highest BCUT2D eigenvalue weighted by Crippen LogP contribution is 2.46. The molecular weight excluding hydrogens is 662 g/mol. The molecule has 9 nitrogen and oxygen atoms in total. The molecule has 2 aromatic heterocycles. The third-order valence-electron chi connectivity index (χ3n) is 7.74. The minimum atomic E-state index is -4.39. The van der Waals surface area contributed by atoms with Gasteiger partial charge in [0, 0.05) is 55.5 Å². The lowest BCUT2D eigenvalue weighted by Crippen LogP contribution is -2.44. The molecule has 246 valence electrons. The molecule has 0 radical (unpaired) electrons. The first kappa shape index (κ1) is 33.5. The van der Waals surface area contributed by atoms with Crippen LogP contribution in [0.2, 0.25) is 0 Å². The molecule has 0 unspecified atom stereocenters. The van der Waals surface area contributed by atoms with Gasteiger partial charge in [0.25, 0.3) is 11.5 Å². The van der Waals surface area contributed by atoms with Gasteiger partial charge in [0.15, 0.2) is 17.5 Å². The Bertz CT molecular complexity index is 1940. The van der Waals surface area contributed by atoms with Crippen molar-refractivity contribution < 1.29 is 34.8 Å². The number of benzene rings is 2. The van der Waals surface area contributed by atoms with Crippen LogP contribution >= 0.6 is 12.4 Å². The number of alkyl halides is 3. The first-order valence-corrected chi connectivity index (χ1v) is 15.6. The second kappa shape index (κ2) is 12.7. The average Bonchev–Trinajstić information content (AvgIpc) is 2.96. The van der Waals surface area contributed by atoms with E-state index in [4.69, 9.17) is 0 Å². The van der Waals surface area contributed by atoms with E-state index < -0.39 is 92.6 Å². The Hall–Kier alpha value is -3.89. The molecule has 2 aromatic carbocycles. The zero-order valence-corrected chi connectivity index (χ0v) is 25.4. The predicted octanol–water partition coefficient (Wildman–Crippen LogP) is 5.32. The summed E-state index contributed by atoms with van der Waals surface area (Å²) in [6.45, 7) is 0.588. The summed E-state index contributed by atoms with van der Waals surface area (Å²) in [4.78, 5) is 22.2. The maximum Gasteiger partial charge on any atom is 0.260 e. The van der Waals surface area contributed by atoms with E-state index in [0.717, 1.165) is 10.6 Å². The Morgan fingerprint density at radius 3 is 2.41 bits per heavy atom. The second-order valence-electron chi connectivity index (χ2n) is 11.2. The number of rotatable bonds is 8. The molecule has 46 heavy (non-hydrogen) atoms. The van der Waals surface area contributed by atoms with Crippen LogP contribution in [0.3, 0.4) is 0 Å². The molecular formula is C29H27ClF6N6O3S. The fraction of sp³-hybridized carbons (Fsp3) is 0.345. The van der Waals surface area contributed by atoms with Gasteiger partial charge in [0.2, 0.25) is 16.0 Å². The number of piperidine rings is 1. The van der Waals surface area contributed by atoms with Gasteiger partial charge in [-0.05, 0) is 17.7 Å². The number of anilines is 2. The number of pyridine rings is 1. The molecule has 1 aliphatic carbocycles. The van der Waals surface area contributed by atoms with E-state index in [1.165, 1.54) is 18.3 Å². The van der Waals surface area contributed by atoms with Crippen molar-refractivity contribution in [2.24, 2.45) is 0 Å². The zero-order valence-electron chi connectivity index (χ0n) is 23.7. The highest BCUT2D eigenvalue weighted by molar-refractivity contribution is 7.91. The Kier molecular flexibility index (Phi) is 9.26. The van der Waals surface area contributed by atoms with E-state index >= 15 is 13.2 Å². The number of hydrogen-bond donors (Lipinski definition) is 3. The number of sulfonamides is 1. The minimum absolute atomic E-state index is 0.